The van der Waals surface area contributed by atoms with Crippen molar-refractivity contribution in [2.45, 2.75) is 51.6 Å². The van der Waals surface area contributed by atoms with Gasteiger partial charge in [0.2, 0.25) is 5.13 Å². The molecule has 0 spiro atoms. The van der Waals surface area contributed by atoms with Crippen LogP contribution in [0.15, 0.2) is 0 Å². The maximum atomic E-state index is 5.69. The summed E-state index contributed by atoms with van der Waals surface area (Å²) in [5, 5.41) is 4.28. The Kier molecular flexibility index (Phi) is 5.19. The summed E-state index contributed by atoms with van der Waals surface area (Å²) < 4.78 is 10.00. The van der Waals surface area contributed by atoms with Crippen LogP contribution in [-0.4, -0.2) is 28.6 Å². The fourth-order valence-electron chi connectivity index (χ4n) is 2.03. The molecule has 0 saturated carbocycles. The van der Waals surface area contributed by atoms with Crippen molar-refractivity contribution < 1.29 is 4.74 Å². The van der Waals surface area contributed by atoms with Crippen LogP contribution in [0.25, 0.3) is 0 Å². The number of nitrogens with zero attached hydrogens (tertiary/aromatic N) is 2. The number of hydrogen-bond acceptors (Lipinski definition) is 5. The van der Waals surface area contributed by atoms with Gasteiger partial charge in [-0.15, -0.1) is 0 Å². The van der Waals surface area contributed by atoms with Crippen LogP contribution in [0, 0.1) is 0 Å². The molecule has 2 rings (SSSR count). The zero-order chi connectivity index (χ0) is 11.9. The average molecular weight is 255 g/mol. The lowest BCUT2D eigenvalue weighted by atomic mass is 10.1. The molecule has 1 aromatic heterocycles. The van der Waals surface area contributed by atoms with Gasteiger partial charge in [-0.25, -0.2) is 4.98 Å². The summed E-state index contributed by atoms with van der Waals surface area (Å²) in [4.78, 5) is 4.44. The Morgan fingerprint density at radius 1 is 1.47 bits per heavy atom. The molecular formula is C12H21N3OS. The Morgan fingerprint density at radius 3 is 3.18 bits per heavy atom. The summed E-state index contributed by atoms with van der Waals surface area (Å²) in [6.07, 6.45) is 7.34. The lowest BCUT2D eigenvalue weighted by Crippen LogP contribution is -2.21. The molecule has 0 bridgehead atoms. The maximum Gasteiger partial charge on any atom is 0.202 e. The molecule has 0 amide bonds. The van der Waals surface area contributed by atoms with Crippen molar-refractivity contribution in [1.29, 1.82) is 0 Å². The Labute approximate surface area is 107 Å². The van der Waals surface area contributed by atoms with E-state index in [9.17, 15) is 0 Å². The third-order valence-corrected chi connectivity index (χ3v) is 3.67. The smallest absolute Gasteiger partial charge is 0.202 e. The van der Waals surface area contributed by atoms with E-state index in [-0.39, 0.29) is 0 Å². The standard InChI is InChI=1S/C12H21N3OS/c1-2-5-11-14-12(17-15-11)13-8-7-10-6-3-4-9-16-10/h10H,2-9H2,1H3,(H,13,14,15). The van der Waals surface area contributed by atoms with Crippen molar-refractivity contribution in [2.24, 2.45) is 0 Å². The van der Waals surface area contributed by atoms with E-state index in [2.05, 4.69) is 21.6 Å². The van der Waals surface area contributed by atoms with Gasteiger partial charge in [-0.1, -0.05) is 6.92 Å². The second-order valence-electron chi connectivity index (χ2n) is 4.47. The molecule has 0 radical (unpaired) electrons. The van der Waals surface area contributed by atoms with Crippen molar-refractivity contribution in [2.75, 3.05) is 18.5 Å². The van der Waals surface area contributed by atoms with Crippen LogP contribution in [0.3, 0.4) is 0 Å². The molecular weight excluding hydrogens is 234 g/mol. The third kappa shape index (κ3) is 4.24. The molecule has 0 aliphatic carbocycles. The van der Waals surface area contributed by atoms with Crippen molar-refractivity contribution in [3.63, 3.8) is 0 Å². The molecule has 1 fully saturated rings. The van der Waals surface area contributed by atoms with E-state index in [1.807, 2.05) is 0 Å². The van der Waals surface area contributed by atoms with Gasteiger partial charge in [0.1, 0.15) is 5.82 Å². The second kappa shape index (κ2) is 6.91. The molecule has 0 aromatic carbocycles. The number of hydrogen-bond donors (Lipinski definition) is 1. The lowest BCUT2D eigenvalue weighted by molar-refractivity contribution is 0.0134. The molecule has 5 heteroatoms. The quantitative estimate of drug-likeness (QED) is 0.849. The first-order chi connectivity index (χ1) is 8.38. The molecule has 4 nitrogen and oxygen atoms in total. The van der Waals surface area contributed by atoms with E-state index in [1.54, 1.807) is 0 Å². The summed E-state index contributed by atoms with van der Waals surface area (Å²) in [7, 11) is 0. The van der Waals surface area contributed by atoms with Gasteiger partial charge in [0, 0.05) is 31.1 Å². The Balaban J connectivity index is 1.66. The Bertz CT molecular complexity index is 323. The minimum Gasteiger partial charge on any atom is -0.378 e. The number of anilines is 1. The van der Waals surface area contributed by atoms with Gasteiger partial charge >= 0.3 is 0 Å². The van der Waals surface area contributed by atoms with Gasteiger partial charge < -0.3 is 10.1 Å². The predicted octanol–water partition coefficient (Wildman–Crippen LogP) is 2.86. The highest BCUT2D eigenvalue weighted by atomic mass is 32.1. The predicted molar refractivity (Wildman–Crippen MR) is 70.6 cm³/mol. The minimum absolute atomic E-state index is 0.444. The summed E-state index contributed by atoms with van der Waals surface area (Å²) in [6, 6.07) is 0. The van der Waals surface area contributed by atoms with E-state index >= 15 is 0 Å². The number of nitrogens with one attached hydrogen (secondary N) is 1. The molecule has 1 aromatic rings. The molecule has 1 N–H and O–H groups in total. The first kappa shape index (κ1) is 12.8. The lowest BCUT2D eigenvalue weighted by Gasteiger charge is -2.22. The molecule has 1 aliphatic heterocycles. The van der Waals surface area contributed by atoms with Crippen molar-refractivity contribution in [3.8, 4) is 0 Å². The molecule has 1 saturated heterocycles. The minimum atomic E-state index is 0.444. The van der Waals surface area contributed by atoms with Crippen LogP contribution in [0.2, 0.25) is 0 Å². The van der Waals surface area contributed by atoms with Gasteiger partial charge in [-0.3, -0.25) is 0 Å². The largest absolute Gasteiger partial charge is 0.378 e. The van der Waals surface area contributed by atoms with Crippen LogP contribution >= 0.6 is 11.5 Å². The zero-order valence-electron chi connectivity index (χ0n) is 10.4. The number of aryl methyl sites for hydroxylation is 1. The zero-order valence-corrected chi connectivity index (χ0v) is 11.3. The van der Waals surface area contributed by atoms with Gasteiger partial charge in [0.25, 0.3) is 0 Å². The van der Waals surface area contributed by atoms with E-state index in [0.717, 1.165) is 43.4 Å². The molecule has 1 aliphatic rings. The fourth-order valence-corrected chi connectivity index (χ4v) is 2.66. The highest BCUT2D eigenvalue weighted by molar-refractivity contribution is 7.09. The van der Waals surface area contributed by atoms with Gasteiger partial charge in [0.05, 0.1) is 6.10 Å². The number of rotatable bonds is 6. The maximum absolute atomic E-state index is 5.69. The Hall–Kier alpha value is -0.680. The van der Waals surface area contributed by atoms with Crippen LogP contribution in [0.5, 0.6) is 0 Å². The summed E-state index contributed by atoms with van der Waals surface area (Å²) in [6.45, 7) is 4.02. The average Bonchev–Trinajstić information content (AvgIpc) is 2.79. The highest BCUT2D eigenvalue weighted by Gasteiger charge is 2.13. The van der Waals surface area contributed by atoms with Crippen molar-refractivity contribution >= 4 is 16.7 Å². The van der Waals surface area contributed by atoms with Crippen LogP contribution in [-0.2, 0) is 11.2 Å². The van der Waals surface area contributed by atoms with Gasteiger partial charge in [-0.2, -0.15) is 4.37 Å². The normalized spacial score (nSPS) is 20.4. The molecule has 96 valence electrons. The van der Waals surface area contributed by atoms with Crippen LogP contribution in [0.4, 0.5) is 5.13 Å². The molecule has 2 heterocycles. The van der Waals surface area contributed by atoms with E-state index in [1.165, 1.54) is 30.8 Å². The van der Waals surface area contributed by atoms with Crippen molar-refractivity contribution in [3.05, 3.63) is 5.82 Å². The van der Waals surface area contributed by atoms with Crippen LogP contribution < -0.4 is 5.32 Å². The number of aromatic nitrogens is 2. The SMILES string of the molecule is CCCc1nsc(NCCC2CCCCO2)n1. The topological polar surface area (TPSA) is 47.0 Å². The van der Waals surface area contributed by atoms with Crippen LogP contribution in [0.1, 0.15) is 44.9 Å². The van der Waals surface area contributed by atoms with Gasteiger partial charge in [0.15, 0.2) is 0 Å². The van der Waals surface area contributed by atoms with Gasteiger partial charge in [-0.05, 0) is 32.1 Å². The van der Waals surface area contributed by atoms with E-state index < -0.39 is 0 Å². The summed E-state index contributed by atoms with van der Waals surface area (Å²) >= 11 is 1.46. The van der Waals surface area contributed by atoms with E-state index in [0.29, 0.717) is 6.10 Å². The second-order valence-corrected chi connectivity index (χ2v) is 5.22. The molecule has 1 atom stereocenters. The summed E-state index contributed by atoms with van der Waals surface area (Å²) in [5.74, 6) is 0.967. The molecule has 17 heavy (non-hydrogen) atoms. The third-order valence-electron chi connectivity index (χ3n) is 2.96. The van der Waals surface area contributed by atoms with Crippen molar-refractivity contribution in [1.82, 2.24) is 9.36 Å². The highest BCUT2D eigenvalue weighted by Crippen LogP contribution is 2.17. The fraction of sp³-hybridized carbons (Fsp3) is 0.833. The molecule has 1 unspecified atom stereocenters. The number of ether oxygens (including phenoxy) is 1. The first-order valence-corrected chi connectivity index (χ1v) is 7.34. The monoisotopic (exact) mass is 255 g/mol. The summed E-state index contributed by atoms with van der Waals surface area (Å²) in [5.41, 5.74) is 0. The Morgan fingerprint density at radius 2 is 2.41 bits per heavy atom. The van der Waals surface area contributed by atoms with E-state index in [4.69, 9.17) is 4.74 Å². The first-order valence-electron chi connectivity index (χ1n) is 6.56.